The maximum absolute atomic E-state index is 5.60. The van der Waals surface area contributed by atoms with Crippen LogP contribution < -0.4 is 5.73 Å². The van der Waals surface area contributed by atoms with Gasteiger partial charge in [-0.15, -0.1) is 5.10 Å². The molecular formula is C8H10N4O. The van der Waals surface area contributed by atoms with Crippen LogP contribution in [0.2, 0.25) is 0 Å². The highest BCUT2D eigenvalue weighted by atomic mass is 16.5. The highest BCUT2D eigenvalue weighted by Crippen LogP contribution is 2.14. The van der Waals surface area contributed by atoms with Gasteiger partial charge in [-0.3, -0.25) is 0 Å². The van der Waals surface area contributed by atoms with Gasteiger partial charge in [0.15, 0.2) is 0 Å². The zero-order chi connectivity index (χ0) is 9.26. The molecule has 68 valence electrons. The number of nitrogens with two attached hydrogens (primary N) is 1. The molecule has 2 N–H and O–H groups in total. The summed E-state index contributed by atoms with van der Waals surface area (Å²) in [6, 6.07) is 5.48. The van der Waals surface area contributed by atoms with E-state index in [1.165, 1.54) is 0 Å². The molecule has 0 radical (unpaired) electrons. The lowest BCUT2D eigenvalue weighted by Gasteiger charge is -1.98. The van der Waals surface area contributed by atoms with Crippen molar-refractivity contribution in [1.82, 2.24) is 15.0 Å². The fourth-order valence-corrected chi connectivity index (χ4v) is 1.21. The largest absolute Gasteiger partial charge is 0.399 e. The third-order valence-electron chi connectivity index (χ3n) is 1.79. The van der Waals surface area contributed by atoms with E-state index in [0.717, 1.165) is 11.0 Å². The van der Waals surface area contributed by atoms with Crippen LogP contribution in [0.1, 0.15) is 0 Å². The average molecular weight is 178 g/mol. The van der Waals surface area contributed by atoms with Crippen molar-refractivity contribution < 1.29 is 4.74 Å². The van der Waals surface area contributed by atoms with Gasteiger partial charge >= 0.3 is 0 Å². The highest BCUT2D eigenvalue weighted by Gasteiger charge is 2.02. The summed E-state index contributed by atoms with van der Waals surface area (Å²) in [6.45, 7) is 0.403. The second-order valence-corrected chi connectivity index (χ2v) is 2.75. The number of methoxy groups -OCH3 is 1. The minimum atomic E-state index is 0.403. The Labute approximate surface area is 75.1 Å². The number of aromatic nitrogens is 3. The molecule has 0 atom stereocenters. The molecule has 0 fully saturated rings. The number of hydrogen-bond acceptors (Lipinski definition) is 4. The summed E-state index contributed by atoms with van der Waals surface area (Å²) in [5.74, 6) is 0. The van der Waals surface area contributed by atoms with Crippen molar-refractivity contribution in [1.29, 1.82) is 0 Å². The Morgan fingerprint density at radius 1 is 1.54 bits per heavy atom. The number of nitrogen functional groups attached to an aromatic ring is 1. The minimum absolute atomic E-state index is 0.403. The van der Waals surface area contributed by atoms with E-state index in [-0.39, 0.29) is 0 Å². The highest BCUT2D eigenvalue weighted by molar-refractivity contribution is 5.77. The first-order valence-electron chi connectivity index (χ1n) is 3.89. The van der Waals surface area contributed by atoms with Gasteiger partial charge in [-0.05, 0) is 18.2 Å². The van der Waals surface area contributed by atoms with Crippen molar-refractivity contribution in [3.05, 3.63) is 18.2 Å². The number of rotatable bonds is 2. The topological polar surface area (TPSA) is 66.0 Å². The van der Waals surface area contributed by atoms with Gasteiger partial charge < -0.3 is 10.5 Å². The molecule has 2 rings (SSSR count). The Balaban J connectivity index is 2.55. The number of fused-ring (bicyclic) bond motifs is 1. The number of anilines is 1. The van der Waals surface area contributed by atoms with Crippen molar-refractivity contribution in [2.75, 3.05) is 12.8 Å². The van der Waals surface area contributed by atoms with Gasteiger partial charge in [0.25, 0.3) is 0 Å². The average Bonchev–Trinajstić information content (AvgIpc) is 2.49. The molecule has 0 aliphatic rings. The molecule has 0 unspecified atom stereocenters. The number of nitrogens with zero attached hydrogens (tertiary/aromatic N) is 3. The van der Waals surface area contributed by atoms with Gasteiger partial charge in [0, 0.05) is 12.8 Å². The summed E-state index contributed by atoms with van der Waals surface area (Å²) in [7, 11) is 1.62. The molecule has 0 saturated heterocycles. The molecule has 2 aromatic rings. The van der Waals surface area contributed by atoms with Crippen molar-refractivity contribution >= 4 is 16.7 Å². The van der Waals surface area contributed by atoms with Crippen molar-refractivity contribution in [2.24, 2.45) is 0 Å². The SMILES string of the molecule is COCn1nnc2cc(N)ccc21. The molecule has 0 bridgehead atoms. The molecule has 1 heterocycles. The second-order valence-electron chi connectivity index (χ2n) is 2.75. The van der Waals surface area contributed by atoms with E-state index >= 15 is 0 Å². The minimum Gasteiger partial charge on any atom is -0.399 e. The molecular weight excluding hydrogens is 168 g/mol. The quantitative estimate of drug-likeness (QED) is 0.684. The van der Waals surface area contributed by atoms with Gasteiger partial charge in [0.2, 0.25) is 0 Å². The molecule has 1 aromatic carbocycles. The van der Waals surface area contributed by atoms with E-state index in [9.17, 15) is 0 Å². The zero-order valence-corrected chi connectivity index (χ0v) is 7.27. The van der Waals surface area contributed by atoms with Gasteiger partial charge in [-0.1, -0.05) is 5.21 Å². The molecule has 0 spiro atoms. The third-order valence-corrected chi connectivity index (χ3v) is 1.79. The van der Waals surface area contributed by atoms with Gasteiger partial charge in [0.05, 0.1) is 5.52 Å². The van der Waals surface area contributed by atoms with Crippen LogP contribution in [0.15, 0.2) is 18.2 Å². The summed E-state index contributed by atoms with van der Waals surface area (Å²) in [4.78, 5) is 0. The van der Waals surface area contributed by atoms with Gasteiger partial charge in [-0.25, -0.2) is 4.68 Å². The van der Waals surface area contributed by atoms with E-state index in [0.29, 0.717) is 12.4 Å². The summed E-state index contributed by atoms with van der Waals surface area (Å²) in [5, 5.41) is 7.86. The van der Waals surface area contributed by atoms with Crippen LogP contribution in [0, 0.1) is 0 Å². The Kier molecular flexibility index (Phi) is 1.86. The van der Waals surface area contributed by atoms with Crippen LogP contribution in [-0.4, -0.2) is 22.1 Å². The fourth-order valence-electron chi connectivity index (χ4n) is 1.21. The smallest absolute Gasteiger partial charge is 0.141 e. The molecule has 0 amide bonds. The van der Waals surface area contributed by atoms with Crippen molar-refractivity contribution in [2.45, 2.75) is 6.73 Å². The van der Waals surface area contributed by atoms with E-state index in [1.807, 2.05) is 12.1 Å². The van der Waals surface area contributed by atoms with Crippen LogP contribution in [-0.2, 0) is 11.5 Å². The first-order chi connectivity index (χ1) is 6.31. The summed E-state index contributed by atoms with van der Waals surface area (Å²) in [6.07, 6.45) is 0. The molecule has 0 aliphatic heterocycles. The zero-order valence-electron chi connectivity index (χ0n) is 7.27. The predicted molar refractivity (Wildman–Crippen MR) is 48.9 cm³/mol. The number of hydrogen-bond donors (Lipinski definition) is 1. The van der Waals surface area contributed by atoms with E-state index in [1.54, 1.807) is 17.9 Å². The Morgan fingerprint density at radius 2 is 2.38 bits per heavy atom. The molecule has 0 aliphatic carbocycles. The lowest BCUT2D eigenvalue weighted by Crippen LogP contribution is -2.01. The van der Waals surface area contributed by atoms with E-state index in [4.69, 9.17) is 10.5 Å². The van der Waals surface area contributed by atoms with Crippen LogP contribution in [0.4, 0.5) is 5.69 Å². The Bertz CT molecular complexity index is 423. The summed E-state index contributed by atoms with van der Waals surface area (Å²) < 4.78 is 6.63. The van der Waals surface area contributed by atoms with Crippen LogP contribution in [0.5, 0.6) is 0 Å². The van der Waals surface area contributed by atoms with Crippen LogP contribution in [0.3, 0.4) is 0 Å². The van der Waals surface area contributed by atoms with Crippen molar-refractivity contribution in [3.8, 4) is 0 Å². The lowest BCUT2D eigenvalue weighted by atomic mass is 10.3. The standard InChI is InChI=1S/C8H10N4O/c1-13-5-12-8-3-2-6(9)4-7(8)10-11-12/h2-4H,5,9H2,1H3. The predicted octanol–water partition coefficient (Wildman–Crippen LogP) is 0.617. The Morgan fingerprint density at radius 3 is 3.15 bits per heavy atom. The maximum Gasteiger partial charge on any atom is 0.141 e. The van der Waals surface area contributed by atoms with E-state index < -0.39 is 0 Å². The molecule has 5 heteroatoms. The van der Waals surface area contributed by atoms with Crippen molar-refractivity contribution in [3.63, 3.8) is 0 Å². The molecule has 0 saturated carbocycles. The normalized spacial score (nSPS) is 10.8. The van der Waals surface area contributed by atoms with Crippen LogP contribution in [0.25, 0.3) is 11.0 Å². The van der Waals surface area contributed by atoms with Gasteiger partial charge in [-0.2, -0.15) is 0 Å². The van der Waals surface area contributed by atoms with Gasteiger partial charge in [0.1, 0.15) is 12.2 Å². The summed E-state index contributed by atoms with van der Waals surface area (Å²) in [5.41, 5.74) is 8.01. The third kappa shape index (κ3) is 1.33. The second kappa shape index (κ2) is 3.02. The summed E-state index contributed by atoms with van der Waals surface area (Å²) >= 11 is 0. The maximum atomic E-state index is 5.60. The molecule has 1 aromatic heterocycles. The fraction of sp³-hybridized carbons (Fsp3) is 0.250. The van der Waals surface area contributed by atoms with E-state index in [2.05, 4.69) is 10.3 Å². The first-order valence-corrected chi connectivity index (χ1v) is 3.89. The van der Waals surface area contributed by atoms with Crippen LogP contribution >= 0.6 is 0 Å². The monoisotopic (exact) mass is 178 g/mol. The molecule has 5 nitrogen and oxygen atoms in total. The number of ether oxygens (including phenoxy) is 1. The first kappa shape index (κ1) is 8.00. The Hall–Kier alpha value is -1.62. The molecule has 13 heavy (non-hydrogen) atoms. The number of benzene rings is 1. The lowest BCUT2D eigenvalue weighted by molar-refractivity contribution is 0.122.